The number of aliphatic carboxylic acids is 1. The molecule has 10 atom stereocenters. The third-order valence-corrected chi connectivity index (χ3v) is 11.9. The maximum atomic E-state index is 13.7. The van der Waals surface area contributed by atoms with Crippen molar-refractivity contribution in [3.05, 3.63) is 11.6 Å². The van der Waals surface area contributed by atoms with Gasteiger partial charge < -0.3 is 30.2 Å². The van der Waals surface area contributed by atoms with E-state index in [9.17, 15) is 44.4 Å². The van der Waals surface area contributed by atoms with Gasteiger partial charge in [0.2, 0.25) is 0 Å². The number of hydrogen-bond acceptors (Lipinski definition) is 7. The second kappa shape index (κ2) is 10.5. The molecule has 0 aromatic rings. The average Bonchev–Trinajstić information content (AvgIpc) is 3.08. The Labute approximate surface area is 236 Å². The van der Waals surface area contributed by atoms with Crippen LogP contribution in [0.4, 0.5) is 0 Å². The normalized spacial score (nSPS) is 41.4. The molecule has 11 heteroatoms. The number of allylic oxidation sites excluding steroid dienone is 1. The Morgan fingerprint density at radius 3 is 2.42 bits per heavy atom. The Kier molecular flexibility index (Phi) is 8.38. The fourth-order valence-corrected chi connectivity index (χ4v) is 9.69. The maximum Gasteiger partial charge on any atom is 0.469 e. The van der Waals surface area contributed by atoms with Gasteiger partial charge in [-0.05, 0) is 106 Å². The molecule has 0 aromatic heterocycles. The summed E-state index contributed by atoms with van der Waals surface area (Å²) in [5.41, 5.74) is -2.84. The van der Waals surface area contributed by atoms with Crippen LogP contribution in [0.5, 0.6) is 0 Å². The number of phosphoric acid groups is 1. The molecular weight excluding hydrogens is 539 g/mol. The van der Waals surface area contributed by atoms with Gasteiger partial charge in [0, 0.05) is 11.3 Å². The summed E-state index contributed by atoms with van der Waals surface area (Å²) in [6.07, 6.45) is 3.12. The second-order valence-corrected chi connectivity index (χ2v) is 15.5. The van der Waals surface area contributed by atoms with Crippen LogP contribution in [-0.2, 0) is 18.7 Å². The molecule has 0 heterocycles. The van der Waals surface area contributed by atoms with Crippen LogP contribution >= 0.6 is 7.82 Å². The van der Waals surface area contributed by atoms with Gasteiger partial charge in [-0.25, -0.2) is 4.57 Å². The zero-order chi connectivity index (χ0) is 30.1. The molecule has 4 rings (SSSR count). The van der Waals surface area contributed by atoms with E-state index in [-0.39, 0.29) is 42.8 Å². The molecule has 0 saturated heterocycles. The minimum Gasteiger partial charge on any atom is -0.481 e. The number of aliphatic hydroxyl groups is 3. The third kappa shape index (κ3) is 5.62. The van der Waals surface area contributed by atoms with Gasteiger partial charge in [0.05, 0.1) is 29.8 Å². The first kappa shape index (κ1) is 31.8. The van der Waals surface area contributed by atoms with E-state index in [1.165, 1.54) is 0 Å². The number of fused-ring (bicyclic) bond motifs is 5. The second-order valence-electron chi connectivity index (χ2n) is 14.3. The zero-order valence-electron chi connectivity index (χ0n) is 24.2. The first-order chi connectivity index (χ1) is 18.2. The highest BCUT2D eigenvalue weighted by Crippen LogP contribution is 2.69. The molecule has 3 saturated carbocycles. The summed E-state index contributed by atoms with van der Waals surface area (Å²) >= 11 is 0. The van der Waals surface area contributed by atoms with E-state index in [2.05, 4.69) is 0 Å². The largest absolute Gasteiger partial charge is 0.481 e. The van der Waals surface area contributed by atoms with E-state index in [1.807, 2.05) is 20.8 Å². The number of aliphatic hydroxyl groups excluding tert-OH is 1. The fraction of sp³-hybridized carbons (Fsp3) is 0.862. The van der Waals surface area contributed by atoms with E-state index in [0.29, 0.717) is 44.1 Å². The summed E-state index contributed by atoms with van der Waals surface area (Å²) in [6, 6.07) is 0. The van der Waals surface area contributed by atoms with Gasteiger partial charge in [-0.3, -0.25) is 14.1 Å². The Balaban J connectivity index is 1.65. The molecule has 0 amide bonds. The van der Waals surface area contributed by atoms with Crippen molar-refractivity contribution >= 4 is 19.6 Å². The minimum absolute atomic E-state index is 0.00571. The van der Waals surface area contributed by atoms with Gasteiger partial charge in [-0.15, -0.1) is 0 Å². The monoisotopic (exact) mass is 586 g/mol. The highest BCUT2D eigenvalue weighted by molar-refractivity contribution is 7.46. The molecule has 0 unspecified atom stereocenters. The molecule has 4 aliphatic carbocycles. The molecule has 0 bridgehead atoms. The number of phosphoric ester groups is 1. The van der Waals surface area contributed by atoms with Gasteiger partial charge in [-0.2, -0.15) is 0 Å². The molecular formula is C29H47O10P. The standard InChI is InChI=1S/C29H47O10P/c1-16(22(30)8-9-26(2,3)34)18-7-11-29(35)20-14-23(31)21-12-17(13-25(32)33)24(39-40(36,37)38)15-27(21,4)19(20)6-10-28(18,29)5/h14,16-19,21-22,24,30,34-35H,6-13,15H2,1-5H3,(H,32,33)(H2,36,37,38)/t16-,17-,18+,19-,21-,22+,24-,27+,28+,29+/m0/s1. The van der Waals surface area contributed by atoms with Crippen LogP contribution < -0.4 is 0 Å². The number of hydrogen-bond donors (Lipinski definition) is 6. The van der Waals surface area contributed by atoms with E-state index in [0.717, 1.165) is 0 Å². The molecule has 0 radical (unpaired) electrons. The summed E-state index contributed by atoms with van der Waals surface area (Å²) in [6.45, 7) is 9.39. The van der Waals surface area contributed by atoms with E-state index >= 15 is 0 Å². The lowest BCUT2D eigenvalue weighted by Crippen LogP contribution is -2.60. The Hall–Kier alpha value is -1.13. The summed E-state index contributed by atoms with van der Waals surface area (Å²) in [5, 5.41) is 43.0. The predicted octanol–water partition coefficient (Wildman–Crippen LogP) is 3.59. The average molecular weight is 587 g/mol. The molecule has 3 fully saturated rings. The van der Waals surface area contributed by atoms with Crippen LogP contribution in [0, 0.1) is 40.4 Å². The van der Waals surface area contributed by atoms with Crippen molar-refractivity contribution < 1.29 is 48.9 Å². The van der Waals surface area contributed by atoms with Crippen molar-refractivity contribution in [1.82, 2.24) is 0 Å². The lowest BCUT2D eigenvalue weighted by Gasteiger charge is -2.60. The van der Waals surface area contributed by atoms with Crippen LogP contribution in [0.15, 0.2) is 11.6 Å². The van der Waals surface area contributed by atoms with Gasteiger partial charge in [0.25, 0.3) is 0 Å². The molecule has 40 heavy (non-hydrogen) atoms. The zero-order valence-corrected chi connectivity index (χ0v) is 25.1. The van der Waals surface area contributed by atoms with Crippen molar-refractivity contribution in [1.29, 1.82) is 0 Å². The van der Waals surface area contributed by atoms with Crippen LogP contribution in [0.2, 0.25) is 0 Å². The number of carbonyl (C=O) groups is 2. The van der Waals surface area contributed by atoms with Gasteiger partial charge in [0.1, 0.15) is 0 Å². The lowest BCUT2D eigenvalue weighted by molar-refractivity contribution is -0.152. The smallest absolute Gasteiger partial charge is 0.469 e. The number of rotatable bonds is 9. The highest BCUT2D eigenvalue weighted by atomic mass is 31.2. The van der Waals surface area contributed by atoms with Crippen molar-refractivity contribution in [3.8, 4) is 0 Å². The topological polar surface area (TPSA) is 182 Å². The summed E-state index contributed by atoms with van der Waals surface area (Å²) in [7, 11) is -4.91. The Bertz CT molecular complexity index is 1090. The SMILES string of the molecule is C[C@H]([C@H](O)CCC(C)(C)O)[C@H]1CC[C@@]2(O)C3=CC(=O)[C@@H]4C[C@@H](CC(=O)O)[C@@H](OP(=O)(O)O)C[C@]4(C)[C@H]3CC[C@]12C. The molecule has 6 N–H and O–H groups in total. The van der Waals surface area contributed by atoms with E-state index in [1.54, 1.807) is 19.9 Å². The summed E-state index contributed by atoms with van der Waals surface area (Å²) < 4.78 is 17.0. The number of carboxylic acids is 1. The minimum atomic E-state index is -4.91. The van der Waals surface area contributed by atoms with Crippen molar-refractivity contribution in [2.24, 2.45) is 40.4 Å². The Morgan fingerprint density at radius 1 is 1.20 bits per heavy atom. The molecule has 4 aliphatic rings. The summed E-state index contributed by atoms with van der Waals surface area (Å²) in [5.74, 6) is -2.92. The van der Waals surface area contributed by atoms with Gasteiger partial charge >= 0.3 is 13.8 Å². The van der Waals surface area contributed by atoms with Crippen LogP contribution in [0.25, 0.3) is 0 Å². The quantitative estimate of drug-likeness (QED) is 0.218. The van der Waals surface area contributed by atoms with Crippen LogP contribution in [0.3, 0.4) is 0 Å². The van der Waals surface area contributed by atoms with Gasteiger partial charge in [-0.1, -0.05) is 20.8 Å². The number of ketones is 1. The number of carbonyl (C=O) groups excluding carboxylic acids is 1. The predicted molar refractivity (Wildman–Crippen MR) is 146 cm³/mol. The van der Waals surface area contributed by atoms with Crippen molar-refractivity contribution in [2.75, 3.05) is 0 Å². The third-order valence-electron chi connectivity index (χ3n) is 11.3. The lowest BCUT2D eigenvalue weighted by atomic mass is 9.45. The van der Waals surface area contributed by atoms with Gasteiger partial charge in [0.15, 0.2) is 5.78 Å². The summed E-state index contributed by atoms with van der Waals surface area (Å²) in [4.78, 5) is 44.4. The van der Waals surface area contributed by atoms with Crippen molar-refractivity contribution in [3.63, 3.8) is 0 Å². The number of carboxylic acid groups (broad SMARTS) is 1. The molecule has 0 spiro atoms. The highest BCUT2D eigenvalue weighted by Gasteiger charge is 2.67. The van der Waals surface area contributed by atoms with Crippen LogP contribution in [-0.4, -0.2) is 65.4 Å². The first-order valence-corrected chi connectivity index (χ1v) is 16.1. The van der Waals surface area contributed by atoms with E-state index in [4.69, 9.17) is 4.52 Å². The van der Waals surface area contributed by atoms with E-state index < -0.39 is 59.9 Å². The Morgan fingerprint density at radius 2 is 1.85 bits per heavy atom. The molecule has 228 valence electrons. The molecule has 0 aliphatic heterocycles. The van der Waals surface area contributed by atoms with Crippen LogP contribution in [0.1, 0.15) is 92.4 Å². The molecule has 0 aromatic carbocycles. The first-order valence-electron chi connectivity index (χ1n) is 14.6. The van der Waals surface area contributed by atoms with Crippen molar-refractivity contribution in [2.45, 2.75) is 116 Å². The fourth-order valence-electron chi connectivity index (χ4n) is 9.09. The maximum absolute atomic E-state index is 13.7. The molecule has 10 nitrogen and oxygen atoms in total.